The third-order valence-electron chi connectivity index (χ3n) is 3.11. The highest BCUT2D eigenvalue weighted by atomic mass is 32.1. The first kappa shape index (κ1) is 15.4. The summed E-state index contributed by atoms with van der Waals surface area (Å²) in [6.07, 6.45) is 2.28. The largest absolute Gasteiger partial charge is 0.325 e. The molecule has 0 unspecified atom stereocenters. The molecule has 0 radical (unpaired) electrons. The molecule has 0 atom stereocenters. The van der Waals surface area contributed by atoms with E-state index in [4.69, 9.17) is 0 Å². The second-order valence-corrected chi connectivity index (χ2v) is 6.64. The topological polar surface area (TPSA) is 91.4 Å². The first-order chi connectivity index (χ1) is 9.79. The van der Waals surface area contributed by atoms with Crippen molar-refractivity contribution in [3.63, 3.8) is 0 Å². The lowest BCUT2D eigenvalue weighted by Gasteiger charge is -2.15. The summed E-state index contributed by atoms with van der Waals surface area (Å²) in [5.74, 6) is -0.407. The fourth-order valence-electron chi connectivity index (χ4n) is 2.04. The van der Waals surface area contributed by atoms with Gasteiger partial charge in [-0.05, 0) is 27.2 Å². The van der Waals surface area contributed by atoms with E-state index in [9.17, 15) is 14.4 Å². The molecule has 1 aromatic rings. The SMILES string of the molecule is Cc1ncc(NC(=O)CCCN2C(=O)NC(C)(C)C2=O)s1. The normalized spacial score (nSPS) is 17.0. The third kappa shape index (κ3) is 3.57. The number of aryl methyl sites for hydroxylation is 1. The summed E-state index contributed by atoms with van der Waals surface area (Å²) in [4.78, 5) is 40.6. The van der Waals surface area contributed by atoms with Gasteiger partial charge in [0.1, 0.15) is 10.5 Å². The maximum Gasteiger partial charge on any atom is 0.325 e. The van der Waals surface area contributed by atoms with E-state index in [-0.39, 0.29) is 24.8 Å². The van der Waals surface area contributed by atoms with Crippen molar-refractivity contribution in [1.29, 1.82) is 0 Å². The van der Waals surface area contributed by atoms with E-state index in [1.54, 1.807) is 20.0 Å². The number of imide groups is 1. The summed E-state index contributed by atoms with van der Waals surface area (Å²) in [7, 11) is 0. The highest BCUT2D eigenvalue weighted by Crippen LogP contribution is 2.19. The molecule has 114 valence electrons. The maximum atomic E-state index is 11.9. The molecule has 4 amide bonds. The molecule has 1 aliphatic heterocycles. The number of nitrogens with one attached hydrogen (secondary N) is 2. The molecule has 1 aromatic heterocycles. The summed E-state index contributed by atoms with van der Waals surface area (Å²) in [5, 5.41) is 6.93. The zero-order chi connectivity index (χ0) is 15.6. The highest BCUT2D eigenvalue weighted by Gasteiger charge is 2.43. The van der Waals surface area contributed by atoms with Gasteiger partial charge in [-0.25, -0.2) is 9.78 Å². The van der Waals surface area contributed by atoms with Gasteiger partial charge in [0.25, 0.3) is 5.91 Å². The van der Waals surface area contributed by atoms with Gasteiger partial charge in [0.2, 0.25) is 5.91 Å². The van der Waals surface area contributed by atoms with E-state index < -0.39 is 11.6 Å². The molecule has 1 saturated heterocycles. The molecular weight excluding hydrogens is 292 g/mol. The van der Waals surface area contributed by atoms with E-state index in [1.165, 1.54) is 11.3 Å². The Kier molecular flexibility index (Phi) is 4.26. The molecule has 2 N–H and O–H groups in total. The lowest BCUT2D eigenvalue weighted by atomic mass is 10.1. The van der Waals surface area contributed by atoms with Gasteiger partial charge in [0.05, 0.1) is 11.2 Å². The molecule has 0 aliphatic carbocycles. The van der Waals surface area contributed by atoms with Crippen molar-refractivity contribution in [2.45, 2.75) is 39.2 Å². The summed E-state index contributed by atoms with van der Waals surface area (Å²) >= 11 is 1.40. The Morgan fingerprint density at radius 2 is 2.19 bits per heavy atom. The molecule has 2 rings (SSSR count). The monoisotopic (exact) mass is 310 g/mol. The average molecular weight is 310 g/mol. The molecule has 1 aliphatic rings. The molecule has 0 aromatic carbocycles. The van der Waals surface area contributed by atoms with Gasteiger partial charge in [0, 0.05) is 13.0 Å². The number of rotatable bonds is 5. The quantitative estimate of drug-likeness (QED) is 0.806. The molecule has 21 heavy (non-hydrogen) atoms. The Morgan fingerprint density at radius 1 is 1.48 bits per heavy atom. The maximum absolute atomic E-state index is 11.9. The molecule has 1 fully saturated rings. The van der Waals surface area contributed by atoms with Gasteiger partial charge in [-0.1, -0.05) is 0 Å². The number of anilines is 1. The molecule has 2 heterocycles. The van der Waals surface area contributed by atoms with E-state index in [1.807, 2.05) is 6.92 Å². The predicted octanol–water partition coefficient (Wildman–Crippen LogP) is 1.50. The summed E-state index contributed by atoms with van der Waals surface area (Å²) in [6, 6.07) is -0.400. The number of nitrogens with zero attached hydrogens (tertiary/aromatic N) is 2. The minimum atomic E-state index is -0.862. The Hall–Kier alpha value is -1.96. The van der Waals surface area contributed by atoms with Crippen molar-refractivity contribution < 1.29 is 14.4 Å². The van der Waals surface area contributed by atoms with E-state index in [0.29, 0.717) is 11.4 Å². The van der Waals surface area contributed by atoms with E-state index >= 15 is 0 Å². The summed E-state index contributed by atoms with van der Waals surface area (Å²) in [5.41, 5.74) is -0.862. The van der Waals surface area contributed by atoms with Crippen molar-refractivity contribution in [3.8, 4) is 0 Å². The highest BCUT2D eigenvalue weighted by molar-refractivity contribution is 7.15. The van der Waals surface area contributed by atoms with Crippen molar-refractivity contribution in [3.05, 3.63) is 11.2 Å². The number of hydrogen-bond acceptors (Lipinski definition) is 5. The van der Waals surface area contributed by atoms with Crippen molar-refractivity contribution in [2.24, 2.45) is 0 Å². The lowest BCUT2D eigenvalue weighted by Crippen LogP contribution is -2.40. The molecule has 0 saturated carbocycles. The van der Waals surface area contributed by atoms with Gasteiger partial charge < -0.3 is 10.6 Å². The van der Waals surface area contributed by atoms with Crippen molar-refractivity contribution >= 4 is 34.2 Å². The van der Waals surface area contributed by atoms with Crippen LogP contribution in [0.2, 0.25) is 0 Å². The zero-order valence-electron chi connectivity index (χ0n) is 12.2. The first-order valence-corrected chi connectivity index (χ1v) is 7.47. The number of carbonyl (C=O) groups is 3. The van der Waals surface area contributed by atoms with Crippen molar-refractivity contribution in [2.75, 3.05) is 11.9 Å². The van der Waals surface area contributed by atoms with Crippen LogP contribution in [0.3, 0.4) is 0 Å². The number of urea groups is 1. The zero-order valence-corrected chi connectivity index (χ0v) is 13.0. The van der Waals surface area contributed by atoms with Crippen LogP contribution < -0.4 is 10.6 Å². The number of aromatic nitrogens is 1. The molecule has 0 bridgehead atoms. The Labute approximate surface area is 126 Å². The van der Waals surface area contributed by atoms with E-state index in [0.717, 1.165) is 9.91 Å². The number of thiazole rings is 1. The predicted molar refractivity (Wildman–Crippen MR) is 79.0 cm³/mol. The molecule has 7 nitrogen and oxygen atoms in total. The molecule has 8 heteroatoms. The standard InChI is InChI=1S/C13H18N4O3S/c1-8-14-7-10(21-8)15-9(18)5-4-6-17-11(19)13(2,3)16-12(17)20/h7H,4-6H2,1-3H3,(H,15,18)(H,16,20). The van der Waals surface area contributed by atoms with Crippen LogP contribution >= 0.6 is 11.3 Å². The average Bonchev–Trinajstić information content (AvgIpc) is 2.85. The number of amides is 4. The molecule has 0 spiro atoms. The van der Waals surface area contributed by atoms with Crippen LogP contribution in [-0.4, -0.2) is 39.8 Å². The first-order valence-electron chi connectivity index (χ1n) is 6.66. The van der Waals surface area contributed by atoms with Crippen LogP contribution in [0, 0.1) is 6.92 Å². The number of hydrogen-bond donors (Lipinski definition) is 2. The fourth-order valence-corrected chi connectivity index (χ4v) is 2.73. The van der Waals surface area contributed by atoms with Crippen LogP contribution in [0.4, 0.5) is 9.80 Å². The van der Waals surface area contributed by atoms with Crippen molar-refractivity contribution in [1.82, 2.24) is 15.2 Å². The van der Waals surface area contributed by atoms with Crippen LogP contribution in [0.1, 0.15) is 31.7 Å². The second kappa shape index (κ2) is 5.80. The van der Waals surface area contributed by atoms with Crippen LogP contribution in [0.5, 0.6) is 0 Å². The minimum Gasteiger partial charge on any atom is -0.324 e. The van der Waals surface area contributed by atoms with Gasteiger partial charge in [-0.2, -0.15) is 0 Å². The summed E-state index contributed by atoms with van der Waals surface area (Å²) < 4.78 is 0. The van der Waals surface area contributed by atoms with Gasteiger partial charge >= 0.3 is 6.03 Å². The minimum absolute atomic E-state index is 0.148. The third-order valence-corrected chi connectivity index (χ3v) is 3.94. The Balaban J connectivity index is 1.78. The number of carbonyl (C=O) groups excluding carboxylic acids is 3. The Bertz CT molecular complexity index is 582. The lowest BCUT2D eigenvalue weighted by molar-refractivity contribution is -0.130. The molecular formula is C13H18N4O3S. The van der Waals surface area contributed by atoms with Crippen LogP contribution in [-0.2, 0) is 9.59 Å². The smallest absolute Gasteiger partial charge is 0.324 e. The summed E-state index contributed by atoms with van der Waals surface area (Å²) in [6.45, 7) is 5.42. The van der Waals surface area contributed by atoms with Gasteiger partial charge in [0.15, 0.2) is 0 Å². The van der Waals surface area contributed by atoms with Gasteiger partial charge in [-0.3, -0.25) is 14.5 Å². The second-order valence-electron chi connectivity index (χ2n) is 5.41. The van der Waals surface area contributed by atoms with E-state index in [2.05, 4.69) is 15.6 Å². The van der Waals surface area contributed by atoms with Crippen LogP contribution in [0.15, 0.2) is 6.20 Å². The fraction of sp³-hybridized carbons (Fsp3) is 0.538. The van der Waals surface area contributed by atoms with Crippen LogP contribution in [0.25, 0.3) is 0 Å². The Morgan fingerprint density at radius 3 is 2.71 bits per heavy atom. The van der Waals surface area contributed by atoms with Gasteiger partial charge in [-0.15, -0.1) is 11.3 Å².